The number of sulfone groups is 1. The number of rotatable bonds is 3. The summed E-state index contributed by atoms with van der Waals surface area (Å²) in [5.41, 5.74) is -0.969. The van der Waals surface area contributed by atoms with Crippen molar-refractivity contribution in [2.45, 2.75) is 36.1 Å². The minimum Gasteiger partial charge on any atom is -0.223 e. The van der Waals surface area contributed by atoms with Crippen LogP contribution >= 0.6 is 0 Å². The van der Waals surface area contributed by atoms with Crippen molar-refractivity contribution in [2.24, 2.45) is 0 Å². The van der Waals surface area contributed by atoms with Crippen LogP contribution in [0, 0.1) is 6.92 Å². The first-order valence-corrected chi connectivity index (χ1v) is 6.72. The van der Waals surface area contributed by atoms with Crippen molar-refractivity contribution >= 4 is 9.84 Å². The minimum absolute atomic E-state index is 0.0750. The number of hydrogen-bond acceptors (Lipinski definition) is 2. The van der Waals surface area contributed by atoms with Crippen LogP contribution in [0.25, 0.3) is 0 Å². The Labute approximate surface area is 105 Å². The van der Waals surface area contributed by atoms with Gasteiger partial charge in [-0.15, -0.1) is 0 Å². The van der Waals surface area contributed by atoms with Gasteiger partial charge in [0, 0.05) is 0 Å². The van der Waals surface area contributed by atoms with Gasteiger partial charge in [-0.05, 0) is 38.5 Å². The lowest BCUT2D eigenvalue weighted by molar-refractivity contribution is -0.137. The molecule has 2 nitrogen and oxygen atoms in total. The summed E-state index contributed by atoms with van der Waals surface area (Å²) in [4.78, 5) is -0.328. The maximum Gasteiger partial charge on any atom is 0.416 e. The average molecular weight is 279 g/mol. The third kappa shape index (κ3) is 2.68. The van der Waals surface area contributed by atoms with Gasteiger partial charge >= 0.3 is 6.18 Å². The fourth-order valence-corrected chi connectivity index (χ4v) is 2.74. The zero-order valence-electron chi connectivity index (χ0n) is 10.1. The summed E-state index contributed by atoms with van der Waals surface area (Å²) in [6, 6.07) is 3.76. The first-order chi connectivity index (χ1) is 8.02. The topological polar surface area (TPSA) is 34.1 Å². The Bertz CT molecular complexity index is 530. The van der Waals surface area contributed by atoms with Crippen LogP contribution in [0.4, 0.5) is 13.2 Å². The normalized spacial score (nSPS) is 13.7. The Morgan fingerprint density at radius 3 is 2.22 bits per heavy atom. The van der Waals surface area contributed by atoms with Crippen LogP contribution in [0.2, 0.25) is 0 Å². The molecule has 1 aromatic rings. The van der Waals surface area contributed by atoms with Crippen LogP contribution in [0.15, 0.2) is 29.2 Å². The molecular formula is C12H14F3O2S. The Hall–Kier alpha value is -1.04. The van der Waals surface area contributed by atoms with Gasteiger partial charge in [-0.1, -0.05) is 13.0 Å². The molecule has 6 heteroatoms. The predicted molar refractivity (Wildman–Crippen MR) is 62.7 cm³/mol. The Morgan fingerprint density at radius 2 is 1.78 bits per heavy atom. The molecule has 1 radical (unpaired) electrons. The summed E-state index contributed by atoms with van der Waals surface area (Å²) in [5, 5.41) is 0. The van der Waals surface area contributed by atoms with E-state index in [0.717, 1.165) is 12.1 Å². The lowest BCUT2D eigenvalue weighted by Gasteiger charge is -2.23. The predicted octanol–water partition coefficient (Wildman–Crippen LogP) is 3.48. The molecule has 0 aliphatic carbocycles. The van der Waals surface area contributed by atoms with E-state index in [1.165, 1.54) is 19.9 Å². The Balaban J connectivity index is 3.36. The fourth-order valence-electron chi connectivity index (χ4n) is 1.29. The van der Waals surface area contributed by atoms with Crippen molar-refractivity contribution in [2.75, 3.05) is 0 Å². The van der Waals surface area contributed by atoms with E-state index >= 15 is 0 Å². The van der Waals surface area contributed by atoms with Crippen molar-refractivity contribution in [1.82, 2.24) is 0 Å². The largest absolute Gasteiger partial charge is 0.416 e. The summed E-state index contributed by atoms with van der Waals surface area (Å²) in [6.07, 6.45) is -4.48. The average Bonchev–Trinajstić information content (AvgIpc) is 2.28. The quantitative estimate of drug-likeness (QED) is 0.849. The van der Waals surface area contributed by atoms with Crippen LogP contribution < -0.4 is 0 Å². The molecular weight excluding hydrogens is 265 g/mol. The van der Waals surface area contributed by atoms with Crippen LogP contribution in [0.5, 0.6) is 0 Å². The summed E-state index contributed by atoms with van der Waals surface area (Å²) >= 11 is 0. The molecule has 101 valence electrons. The van der Waals surface area contributed by atoms with Crippen molar-refractivity contribution in [3.05, 3.63) is 36.8 Å². The van der Waals surface area contributed by atoms with Crippen molar-refractivity contribution in [3.8, 4) is 0 Å². The molecule has 0 fully saturated rings. The van der Waals surface area contributed by atoms with Gasteiger partial charge < -0.3 is 0 Å². The zero-order chi connectivity index (χ0) is 14.2. The van der Waals surface area contributed by atoms with Crippen molar-refractivity contribution < 1.29 is 21.6 Å². The van der Waals surface area contributed by atoms with Crippen molar-refractivity contribution in [3.63, 3.8) is 0 Å². The second kappa shape index (κ2) is 4.57. The highest BCUT2D eigenvalue weighted by Crippen LogP contribution is 2.33. The summed E-state index contributed by atoms with van der Waals surface area (Å²) in [5.74, 6) is 0. The van der Waals surface area contributed by atoms with Gasteiger partial charge in [-0.25, -0.2) is 8.42 Å². The smallest absolute Gasteiger partial charge is 0.223 e. The molecule has 0 aliphatic heterocycles. The number of hydrogen-bond donors (Lipinski definition) is 0. The third-order valence-corrected chi connectivity index (χ3v) is 5.33. The molecule has 0 saturated carbocycles. The second-order valence-corrected chi connectivity index (χ2v) is 7.12. The molecule has 0 N–H and O–H groups in total. The van der Waals surface area contributed by atoms with E-state index in [9.17, 15) is 21.6 Å². The molecule has 1 rings (SSSR count). The first kappa shape index (κ1) is 15.0. The van der Waals surface area contributed by atoms with Gasteiger partial charge in [0.1, 0.15) is 0 Å². The van der Waals surface area contributed by atoms with Crippen LogP contribution in [0.1, 0.15) is 25.8 Å². The lowest BCUT2D eigenvalue weighted by Crippen LogP contribution is -2.31. The summed E-state index contributed by atoms with van der Waals surface area (Å²) < 4.78 is 60.7. The number of halogens is 3. The summed E-state index contributed by atoms with van der Waals surface area (Å²) in [6.45, 7) is 6.40. The van der Waals surface area contributed by atoms with Crippen LogP contribution in [-0.4, -0.2) is 13.2 Å². The van der Waals surface area contributed by atoms with Gasteiger partial charge in [-0.2, -0.15) is 13.2 Å². The molecule has 0 saturated heterocycles. The van der Waals surface area contributed by atoms with Crippen LogP contribution in [-0.2, 0) is 16.0 Å². The Kier molecular flexibility index (Phi) is 3.81. The van der Waals surface area contributed by atoms with Crippen molar-refractivity contribution in [1.29, 1.82) is 0 Å². The third-order valence-electron chi connectivity index (χ3n) is 2.80. The van der Waals surface area contributed by atoms with E-state index in [-0.39, 0.29) is 11.3 Å². The van der Waals surface area contributed by atoms with Gasteiger partial charge in [0.25, 0.3) is 0 Å². The molecule has 0 atom stereocenters. The molecule has 0 unspecified atom stereocenters. The highest BCUT2D eigenvalue weighted by molar-refractivity contribution is 7.92. The van der Waals surface area contributed by atoms with E-state index in [1.807, 2.05) is 0 Å². The van der Waals surface area contributed by atoms with Gasteiger partial charge in [0.05, 0.1) is 15.2 Å². The van der Waals surface area contributed by atoms with Gasteiger partial charge in [0.15, 0.2) is 9.84 Å². The highest BCUT2D eigenvalue weighted by atomic mass is 32.2. The molecule has 0 amide bonds. The lowest BCUT2D eigenvalue weighted by atomic mass is 10.1. The van der Waals surface area contributed by atoms with Gasteiger partial charge in [-0.3, -0.25) is 0 Å². The molecule has 0 spiro atoms. The van der Waals surface area contributed by atoms with E-state index in [1.54, 1.807) is 0 Å². The highest BCUT2D eigenvalue weighted by Gasteiger charge is 2.36. The SMILES string of the molecule is [CH2]CC(C)(C)S(=O)(=O)c1cccc(C(F)(F)F)c1. The molecule has 0 bridgehead atoms. The molecule has 0 heterocycles. The molecule has 1 aromatic carbocycles. The molecule has 0 aliphatic rings. The summed E-state index contributed by atoms with van der Waals surface area (Å²) in [7, 11) is -3.83. The molecule has 0 aromatic heterocycles. The maximum atomic E-state index is 12.5. The maximum absolute atomic E-state index is 12.5. The van der Waals surface area contributed by atoms with E-state index in [2.05, 4.69) is 6.92 Å². The number of alkyl halides is 3. The van der Waals surface area contributed by atoms with Crippen LogP contribution in [0.3, 0.4) is 0 Å². The Morgan fingerprint density at radius 1 is 1.22 bits per heavy atom. The molecule has 18 heavy (non-hydrogen) atoms. The van der Waals surface area contributed by atoms with E-state index in [4.69, 9.17) is 0 Å². The van der Waals surface area contributed by atoms with Gasteiger partial charge in [0.2, 0.25) is 0 Å². The fraction of sp³-hybridized carbons (Fsp3) is 0.417. The monoisotopic (exact) mass is 279 g/mol. The second-order valence-electron chi connectivity index (χ2n) is 4.54. The first-order valence-electron chi connectivity index (χ1n) is 5.23. The van der Waals surface area contributed by atoms with E-state index in [0.29, 0.717) is 6.07 Å². The number of benzene rings is 1. The minimum atomic E-state index is -4.56. The zero-order valence-corrected chi connectivity index (χ0v) is 10.9. The standard InChI is InChI=1S/C12H14F3O2S/c1-4-11(2,3)18(16,17)10-7-5-6-9(8-10)12(13,14)15/h5-8H,1,4H2,2-3H3. The van der Waals surface area contributed by atoms with E-state index < -0.39 is 26.3 Å².